The van der Waals surface area contributed by atoms with Gasteiger partial charge in [-0.1, -0.05) is 80.1 Å². The molecule has 0 saturated carbocycles. The fraction of sp³-hybridized carbons (Fsp3) is 1.00. The van der Waals surface area contributed by atoms with Gasteiger partial charge in [0.1, 0.15) is 0 Å². The van der Waals surface area contributed by atoms with E-state index in [0.29, 0.717) is 10.8 Å². The van der Waals surface area contributed by atoms with Gasteiger partial charge < -0.3 is 0 Å². The van der Waals surface area contributed by atoms with E-state index in [-0.39, 0.29) is 0 Å². The van der Waals surface area contributed by atoms with Gasteiger partial charge in [0.15, 0.2) is 0 Å². The lowest BCUT2D eigenvalue weighted by molar-refractivity contribution is 0.283. The van der Waals surface area contributed by atoms with Crippen LogP contribution in [-0.2, 0) is 0 Å². The van der Waals surface area contributed by atoms with Crippen LogP contribution in [0.1, 0.15) is 99.3 Å². The maximum absolute atomic E-state index is 2.44. The van der Waals surface area contributed by atoms with Crippen molar-refractivity contribution in [3.63, 3.8) is 0 Å². The topological polar surface area (TPSA) is 0 Å². The molecule has 0 fully saturated rings. The van der Waals surface area contributed by atoms with E-state index >= 15 is 0 Å². The molecule has 0 aromatic rings. The Kier molecular flexibility index (Phi) is 8.16. The summed E-state index contributed by atoms with van der Waals surface area (Å²) in [7, 11) is 0. The molecule has 0 nitrogen and oxygen atoms in total. The van der Waals surface area contributed by atoms with E-state index in [2.05, 4.69) is 41.5 Å². The van der Waals surface area contributed by atoms with Crippen molar-refractivity contribution in [2.75, 3.05) is 0 Å². The molecular weight excluding hydrogens is 204 g/mol. The first-order chi connectivity index (χ1) is 7.77. The zero-order valence-corrected chi connectivity index (χ0v) is 13.4. The Bertz CT molecular complexity index is 171. The van der Waals surface area contributed by atoms with E-state index < -0.39 is 0 Å². The van der Waals surface area contributed by atoms with Crippen LogP contribution in [0.3, 0.4) is 0 Å². The van der Waals surface area contributed by atoms with Gasteiger partial charge in [-0.25, -0.2) is 0 Å². The molecule has 0 aromatic carbocycles. The molecule has 0 heterocycles. The van der Waals surface area contributed by atoms with Crippen LogP contribution < -0.4 is 0 Å². The van der Waals surface area contributed by atoms with Gasteiger partial charge in [-0.3, -0.25) is 0 Å². The number of rotatable bonds is 9. The standard InChI is InChI=1S/C17H36/c1-7-8-14-17(5,6)15-12-10-9-11-13-16(2,3)4/h7-15H2,1-6H3. The first kappa shape index (κ1) is 17.0. The zero-order valence-electron chi connectivity index (χ0n) is 13.4. The maximum Gasteiger partial charge on any atom is -0.0354 e. The second-order valence-electron chi connectivity index (χ2n) is 7.74. The molecule has 0 rings (SSSR count). The molecule has 104 valence electrons. The van der Waals surface area contributed by atoms with Crippen LogP contribution in [0.5, 0.6) is 0 Å². The van der Waals surface area contributed by atoms with Gasteiger partial charge in [-0.15, -0.1) is 0 Å². The predicted octanol–water partition coefficient (Wildman–Crippen LogP) is 6.59. The van der Waals surface area contributed by atoms with Gasteiger partial charge in [0.05, 0.1) is 0 Å². The molecule has 0 unspecified atom stereocenters. The van der Waals surface area contributed by atoms with Gasteiger partial charge in [0.25, 0.3) is 0 Å². The zero-order chi connectivity index (χ0) is 13.4. The first-order valence-electron chi connectivity index (χ1n) is 7.77. The summed E-state index contributed by atoms with van der Waals surface area (Å²) in [5, 5.41) is 0. The van der Waals surface area contributed by atoms with E-state index in [1.54, 1.807) is 0 Å². The van der Waals surface area contributed by atoms with Crippen molar-refractivity contribution >= 4 is 0 Å². The van der Waals surface area contributed by atoms with E-state index in [4.69, 9.17) is 0 Å². The molecule has 0 saturated heterocycles. The largest absolute Gasteiger partial charge is 0.0654 e. The second-order valence-corrected chi connectivity index (χ2v) is 7.74. The van der Waals surface area contributed by atoms with Crippen molar-refractivity contribution in [1.29, 1.82) is 0 Å². The Balaban J connectivity index is 3.44. The van der Waals surface area contributed by atoms with E-state index in [0.717, 1.165) is 0 Å². The molecule has 0 aliphatic carbocycles. The molecule has 0 bridgehead atoms. The van der Waals surface area contributed by atoms with Crippen molar-refractivity contribution in [1.82, 2.24) is 0 Å². The molecule has 0 N–H and O–H groups in total. The average Bonchev–Trinajstić information content (AvgIpc) is 2.19. The molecule has 0 amide bonds. The minimum absolute atomic E-state index is 0.528. The van der Waals surface area contributed by atoms with Gasteiger partial charge in [-0.2, -0.15) is 0 Å². The normalized spacial score (nSPS) is 13.1. The molecule has 0 aliphatic rings. The maximum atomic E-state index is 2.44. The van der Waals surface area contributed by atoms with Crippen LogP contribution in [0.2, 0.25) is 0 Å². The van der Waals surface area contributed by atoms with Gasteiger partial charge >= 0.3 is 0 Å². The van der Waals surface area contributed by atoms with Crippen molar-refractivity contribution in [3.05, 3.63) is 0 Å². The highest BCUT2D eigenvalue weighted by molar-refractivity contribution is 4.68. The number of hydrogen-bond donors (Lipinski definition) is 0. The minimum Gasteiger partial charge on any atom is -0.0654 e. The summed E-state index contributed by atoms with van der Waals surface area (Å²) in [5.41, 5.74) is 1.11. The van der Waals surface area contributed by atoms with Crippen molar-refractivity contribution < 1.29 is 0 Å². The summed E-state index contributed by atoms with van der Waals surface area (Å²) in [5.74, 6) is 0. The summed E-state index contributed by atoms with van der Waals surface area (Å²) in [6, 6.07) is 0. The highest BCUT2D eigenvalue weighted by atomic mass is 14.2. The lowest BCUT2D eigenvalue weighted by Gasteiger charge is -2.24. The Morgan fingerprint density at radius 1 is 0.588 bits per heavy atom. The molecule has 0 aliphatic heterocycles. The van der Waals surface area contributed by atoms with Crippen LogP contribution in [0.25, 0.3) is 0 Å². The van der Waals surface area contributed by atoms with Gasteiger partial charge in [-0.05, 0) is 30.1 Å². The number of unbranched alkanes of at least 4 members (excludes halogenated alkanes) is 4. The summed E-state index contributed by atoms with van der Waals surface area (Å²) in [6.07, 6.45) is 12.7. The Morgan fingerprint density at radius 3 is 1.53 bits per heavy atom. The SMILES string of the molecule is CCCCC(C)(C)CCCCCCC(C)(C)C. The Hall–Kier alpha value is 0. The van der Waals surface area contributed by atoms with Gasteiger partial charge in [0.2, 0.25) is 0 Å². The van der Waals surface area contributed by atoms with E-state index in [9.17, 15) is 0 Å². The van der Waals surface area contributed by atoms with Crippen LogP contribution in [0.15, 0.2) is 0 Å². The van der Waals surface area contributed by atoms with Crippen LogP contribution >= 0.6 is 0 Å². The third-order valence-electron chi connectivity index (χ3n) is 3.74. The molecule has 0 heteroatoms. The molecule has 0 aromatic heterocycles. The third kappa shape index (κ3) is 12.2. The quantitative estimate of drug-likeness (QED) is 0.399. The fourth-order valence-corrected chi connectivity index (χ4v) is 2.39. The third-order valence-corrected chi connectivity index (χ3v) is 3.74. The van der Waals surface area contributed by atoms with Crippen molar-refractivity contribution in [3.8, 4) is 0 Å². The second kappa shape index (κ2) is 8.16. The van der Waals surface area contributed by atoms with Crippen LogP contribution in [0.4, 0.5) is 0 Å². The summed E-state index contributed by atoms with van der Waals surface area (Å²) >= 11 is 0. The lowest BCUT2D eigenvalue weighted by Crippen LogP contribution is -2.10. The molecule has 0 atom stereocenters. The van der Waals surface area contributed by atoms with Crippen LogP contribution in [0, 0.1) is 10.8 Å². The predicted molar refractivity (Wildman–Crippen MR) is 80.5 cm³/mol. The highest BCUT2D eigenvalue weighted by Gasteiger charge is 2.16. The summed E-state index contributed by atoms with van der Waals surface area (Å²) in [4.78, 5) is 0. The molecule has 17 heavy (non-hydrogen) atoms. The Labute approximate surface area is 111 Å². The lowest BCUT2D eigenvalue weighted by atomic mass is 9.82. The van der Waals surface area contributed by atoms with E-state index in [1.165, 1.54) is 57.8 Å². The minimum atomic E-state index is 0.528. The van der Waals surface area contributed by atoms with Crippen LogP contribution in [-0.4, -0.2) is 0 Å². The summed E-state index contributed by atoms with van der Waals surface area (Å²) in [6.45, 7) is 14.2. The highest BCUT2D eigenvalue weighted by Crippen LogP contribution is 2.30. The van der Waals surface area contributed by atoms with Crippen molar-refractivity contribution in [2.45, 2.75) is 99.3 Å². The van der Waals surface area contributed by atoms with Crippen molar-refractivity contribution in [2.24, 2.45) is 10.8 Å². The smallest absolute Gasteiger partial charge is 0.0354 e. The first-order valence-corrected chi connectivity index (χ1v) is 7.77. The number of hydrogen-bond acceptors (Lipinski definition) is 0. The van der Waals surface area contributed by atoms with Gasteiger partial charge in [0, 0.05) is 0 Å². The summed E-state index contributed by atoms with van der Waals surface area (Å²) < 4.78 is 0. The Morgan fingerprint density at radius 2 is 1.06 bits per heavy atom. The monoisotopic (exact) mass is 240 g/mol. The fourth-order valence-electron chi connectivity index (χ4n) is 2.39. The molecule has 0 spiro atoms. The molecule has 0 radical (unpaired) electrons. The average molecular weight is 240 g/mol. The molecular formula is C17H36. The van der Waals surface area contributed by atoms with E-state index in [1.807, 2.05) is 0 Å².